The highest BCUT2D eigenvalue weighted by molar-refractivity contribution is 6.30. The molecule has 3 rings (SSSR count). The van der Waals surface area contributed by atoms with Gasteiger partial charge in [-0.1, -0.05) is 29.8 Å². The monoisotopic (exact) mass is 351 g/mol. The number of benzene rings is 2. The van der Waals surface area contributed by atoms with Gasteiger partial charge in [-0.05, 0) is 54.8 Å². The van der Waals surface area contributed by atoms with Crippen molar-refractivity contribution in [3.05, 3.63) is 70.0 Å². The van der Waals surface area contributed by atoms with Crippen molar-refractivity contribution in [2.45, 2.75) is 13.8 Å². The average Bonchev–Trinajstić information content (AvgIpc) is 2.59. The average molecular weight is 352 g/mol. The number of anilines is 1. The summed E-state index contributed by atoms with van der Waals surface area (Å²) in [6, 6.07) is 14.2. The number of rotatable bonds is 2. The lowest BCUT2D eigenvalue weighted by Gasteiger charge is -2.11. The molecule has 1 heterocycles. The Bertz CT molecular complexity index is 1020. The van der Waals surface area contributed by atoms with Gasteiger partial charge in [-0.2, -0.15) is 5.26 Å². The maximum absolute atomic E-state index is 13.9. The van der Waals surface area contributed by atoms with Gasteiger partial charge in [0, 0.05) is 11.1 Å². The fourth-order valence-corrected chi connectivity index (χ4v) is 2.74. The summed E-state index contributed by atoms with van der Waals surface area (Å²) in [5.41, 5.74) is 11.1. The molecule has 124 valence electrons. The van der Waals surface area contributed by atoms with E-state index < -0.39 is 5.82 Å². The quantitative estimate of drug-likeness (QED) is 0.683. The van der Waals surface area contributed by atoms with E-state index in [0.717, 1.165) is 11.1 Å². The van der Waals surface area contributed by atoms with E-state index >= 15 is 0 Å². The molecular formula is C20H15ClFN3. The lowest BCUT2D eigenvalue weighted by Crippen LogP contribution is -2.00. The fraction of sp³-hybridized carbons (Fsp3) is 0.100. The molecule has 0 bridgehead atoms. The van der Waals surface area contributed by atoms with E-state index in [1.165, 1.54) is 17.7 Å². The lowest BCUT2D eigenvalue weighted by molar-refractivity contribution is 0.629. The smallest absolute Gasteiger partial charge is 0.142 e. The molecule has 0 fully saturated rings. The molecule has 3 aromatic rings. The summed E-state index contributed by atoms with van der Waals surface area (Å²) in [6.45, 7) is 4.04. The molecule has 2 N–H and O–H groups in total. The Morgan fingerprint density at radius 3 is 2.40 bits per heavy atom. The summed E-state index contributed by atoms with van der Waals surface area (Å²) in [6.07, 6.45) is 0. The molecule has 0 saturated heterocycles. The first-order valence-corrected chi connectivity index (χ1v) is 8.02. The van der Waals surface area contributed by atoms with Gasteiger partial charge < -0.3 is 5.73 Å². The van der Waals surface area contributed by atoms with Crippen LogP contribution in [-0.4, -0.2) is 4.98 Å². The summed E-state index contributed by atoms with van der Waals surface area (Å²) < 4.78 is 13.9. The molecule has 0 unspecified atom stereocenters. The van der Waals surface area contributed by atoms with E-state index in [1.807, 2.05) is 32.0 Å². The van der Waals surface area contributed by atoms with Gasteiger partial charge in [0.2, 0.25) is 0 Å². The molecular weight excluding hydrogens is 337 g/mol. The minimum atomic E-state index is -0.550. The molecule has 2 aromatic carbocycles. The zero-order valence-corrected chi connectivity index (χ0v) is 14.5. The van der Waals surface area contributed by atoms with Crippen molar-refractivity contribution >= 4 is 17.4 Å². The number of pyridine rings is 1. The number of hydrogen-bond acceptors (Lipinski definition) is 3. The Hall–Kier alpha value is -2.90. The summed E-state index contributed by atoms with van der Waals surface area (Å²) in [5.74, 6) is -0.435. The van der Waals surface area contributed by atoms with E-state index in [9.17, 15) is 9.65 Å². The van der Waals surface area contributed by atoms with E-state index in [4.69, 9.17) is 17.3 Å². The molecule has 0 radical (unpaired) electrons. The van der Waals surface area contributed by atoms with Crippen LogP contribution in [0.1, 0.15) is 16.7 Å². The van der Waals surface area contributed by atoms with Crippen molar-refractivity contribution in [2.75, 3.05) is 5.73 Å². The van der Waals surface area contributed by atoms with Crippen LogP contribution in [0.25, 0.3) is 22.4 Å². The van der Waals surface area contributed by atoms with Crippen molar-refractivity contribution < 1.29 is 4.39 Å². The van der Waals surface area contributed by atoms with Crippen LogP contribution >= 0.6 is 11.6 Å². The Balaban J connectivity index is 2.24. The second kappa shape index (κ2) is 6.54. The van der Waals surface area contributed by atoms with Gasteiger partial charge in [0.25, 0.3) is 0 Å². The van der Waals surface area contributed by atoms with Gasteiger partial charge in [-0.25, -0.2) is 9.37 Å². The van der Waals surface area contributed by atoms with Crippen LogP contribution in [0.4, 0.5) is 10.2 Å². The highest BCUT2D eigenvalue weighted by Crippen LogP contribution is 2.33. The number of nitrogen functional groups attached to an aromatic ring is 1. The first-order chi connectivity index (χ1) is 11.9. The zero-order chi connectivity index (χ0) is 18.1. The lowest BCUT2D eigenvalue weighted by atomic mass is 9.97. The van der Waals surface area contributed by atoms with E-state index in [1.54, 1.807) is 12.1 Å². The maximum atomic E-state index is 13.9. The second-order valence-electron chi connectivity index (χ2n) is 5.86. The third-order valence-electron chi connectivity index (χ3n) is 4.19. The first-order valence-electron chi connectivity index (χ1n) is 7.64. The number of halogens is 2. The van der Waals surface area contributed by atoms with Crippen LogP contribution in [0, 0.1) is 31.0 Å². The molecule has 0 aliphatic heterocycles. The first kappa shape index (κ1) is 16.9. The molecule has 5 heteroatoms. The number of nitriles is 1. The standard InChI is InChI=1S/C20H15ClFN3/c1-11-3-4-14(7-12(11)2)19-9-15(16(10-23)20(24)25-19)13-5-6-17(21)18(22)8-13/h3-9H,1-2H3,(H2,24,25). The summed E-state index contributed by atoms with van der Waals surface area (Å²) in [4.78, 5) is 4.35. The van der Waals surface area contributed by atoms with Gasteiger partial charge >= 0.3 is 0 Å². The second-order valence-corrected chi connectivity index (χ2v) is 6.26. The van der Waals surface area contributed by atoms with E-state index in [0.29, 0.717) is 16.8 Å². The van der Waals surface area contributed by atoms with Crippen LogP contribution in [-0.2, 0) is 0 Å². The van der Waals surface area contributed by atoms with Crippen molar-refractivity contribution in [1.82, 2.24) is 4.98 Å². The van der Waals surface area contributed by atoms with E-state index in [-0.39, 0.29) is 16.4 Å². The molecule has 3 nitrogen and oxygen atoms in total. The topological polar surface area (TPSA) is 62.7 Å². The highest BCUT2D eigenvalue weighted by atomic mass is 35.5. The molecule has 0 aliphatic rings. The molecule has 1 aromatic heterocycles. The number of nitrogens with zero attached hydrogens (tertiary/aromatic N) is 2. The van der Waals surface area contributed by atoms with E-state index in [2.05, 4.69) is 11.1 Å². The molecule has 0 saturated carbocycles. The van der Waals surface area contributed by atoms with Crippen molar-refractivity contribution in [3.63, 3.8) is 0 Å². The van der Waals surface area contributed by atoms with Gasteiger partial charge in [-0.15, -0.1) is 0 Å². The highest BCUT2D eigenvalue weighted by Gasteiger charge is 2.15. The number of aryl methyl sites for hydroxylation is 2. The van der Waals surface area contributed by atoms with Crippen LogP contribution in [0.3, 0.4) is 0 Å². The molecule has 0 amide bonds. The number of aromatic nitrogens is 1. The Morgan fingerprint density at radius 2 is 1.76 bits per heavy atom. The van der Waals surface area contributed by atoms with Gasteiger partial charge in [0.1, 0.15) is 23.3 Å². The minimum absolute atomic E-state index is 0.0265. The summed E-state index contributed by atoms with van der Waals surface area (Å²) in [5, 5.41) is 9.46. The largest absolute Gasteiger partial charge is 0.383 e. The van der Waals surface area contributed by atoms with Crippen molar-refractivity contribution in [1.29, 1.82) is 5.26 Å². The van der Waals surface area contributed by atoms with Gasteiger partial charge in [-0.3, -0.25) is 0 Å². The zero-order valence-electron chi connectivity index (χ0n) is 13.8. The van der Waals surface area contributed by atoms with Gasteiger partial charge in [0.15, 0.2) is 0 Å². The van der Waals surface area contributed by atoms with Crippen molar-refractivity contribution in [3.8, 4) is 28.5 Å². The number of nitrogens with two attached hydrogens (primary N) is 1. The SMILES string of the molecule is Cc1ccc(-c2cc(-c3ccc(Cl)c(F)c3)c(C#N)c(N)n2)cc1C. The normalized spacial score (nSPS) is 10.5. The van der Waals surface area contributed by atoms with Crippen LogP contribution < -0.4 is 5.73 Å². The van der Waals surface area contributed by atoms with Crippen LogP contribution in [0.15, 0.2) is 42.5 Å². The minimum Gasteiger partial charge on any atom is -0.383 e. The predicted molar refractivity (Wildman–Crippen MR) is 98.7 cm³/mol. The van der Waals surface area contributed by atoms with Crippen molar-refractivity contribution in [2.24, 2.45) is 0 Å². The molecule has 0 spiro atoms. The maximum Gasteiger partial charge on any atom is 0.142 e. The van der Waals surface area contributed by atoms with Gasteiger partial charge in [0.05, 0.1) is 10.7 Å². The Morgan fingerprint density at radius 1 is 1.04 bits per heavy atom. The number of hydrogen-bond donors (Lipinski definition) is 1. The third kappa shape index (κ3) is 3.19. The Labute approximate surface area is 150 Å². The van der Waals surface area contributed by atoms with Crippen LogP contribution in [0.5, 0.6) is 0 Å². The predicted octanol–water partition coefficient (Wildman–Crippen LogP) is 5.28. The molecule has 0 aliphatic carbocycles. The fourth-order valence-electron chi connectivity index (χ4n) is 2.62. The summed E-state index contributed by atoms with van der Waals surface area (Å²) in [7, 11) is 0. The summed E-state index contributed by atoms with van der Waals surface area (Å²) >= 11 is 5.76. The molecule has 0 atom stereocenters. The third-order valence-corrected chi connectivity index (χ3v) is 4.50. The molecule has 25 heavy (non-hydrogen) atoms. The van der Waals surface area contributed by atoms with Crippen LogP contribution in [0.2, 0.25) is 5.02 Å². The Kier molecular flexibility index (Phi) is 4.43.